The van der Waals surface area contributed by atoms with E-state index in [2.05, 4.69) is 0 Å². The van der Waals surface area contributed by atoms with Crippen LogP contribution in [0, 0.1) is 0 Å². The second kappa shape index (κ2) is 6.00. The third-order valence-electron chi connectivity index (χ3n) is 1.72. The van der Waals surface area contributed by atoms with Crippen molar-refractivity contribution in [2.75, 3.05) is 0 Å². The van der Waals surface area contributed by atoms with Gasteiger partial charge in [0.05, 0.1) is 11.9 Å². The first kappa shape index (κ1) is 16.6. The average Bonchev–Trinajstić information content (AvgIpc) is 2.15. The molecule has 0 aliphatic rings. The number of carboxylic acids is 2. The number of rotatable bonds is 3. The van der Waals surface area contributed by atoms with Crippen molar-refractivity contribution < 1.29 is 32.8 Å². The summed E-state index contributed by atoms with van der Waals surface area (Å²) < 4.78 is 30.3. The van der Waals surface area contributed by atoms with Crippen LogP contribution >= 0.6 is 0 Å². The molecule has 0 amide bonds. The zero-order chi connectivity index (χ0) is 12.5. The molecular weight excluding hydrogens is 377 g/mol. The number of carbonyl (C=O) groups is 2. The third kappa shape index (κ3) is 4.10. The molecule has 0 saturated carbocycles. The molecule has 0 fully saturated rings. The summed E-state index contributed by atoms with van der Waals surface area (Å²) in [5.41, 5.74) is -1.40. The predicted molar refractivity (Wildman–Crippen MR) is 50.7 cm³/mol. The number of hydrogen-bond donors (Lipinski definition) is 1. The Labute approximate surface area is 136 Å². The summed E-state index contributed by atoms with van der Waals surface area (Å²) in [6, 6.07) is 2.01. The van der Waals surface area contributed by atoms with Gasteiger partial charge in [-0.1, -0.05) is 12.1 Å². The van der Waals surface area contributed by atoms with E-state index in [0.29, 0.717) is 12.1 Å². The van der Waals surface area contributed by atoms with Gasteiger partial charge in [0.25, 0.3) is 10.1 Å². The van der Waals surface area contributed by atoms with Crippen LogP contribution in [0.4, 0.5) is 0 Å². The molecule has 9 heteroatoms. The zero-order valence-electron chi connectivity index (χ0n) is 8.24. The maximum Gasteiger partial charge on any atom is 2.00 e. The Hall–Kier alpha value is -0.359. The molecule has 0 unspecified atom stereocenters. The smallest absolute Gasteiger partial charge is 0.545 e. The second-order valence-electron chi connectivity index (χ2n) is 2.76. The van der Waals surface area contributed by atoms with Gasteiger partial charge in [-0.2, -0.15) is 8.42 Å². The molecule has 1 aromatic carbocycles. The van der Waals surface area contributed by atoms with Gasteiger partial charge in [-0.25, -0.2) is 0 Å². The quantitative estimate of drug-likeness (QED) is 0.444. The molecule has 0 bridgehead atoms. The van der Waals surface area contributed by atoms with E-state index in [1.165, 1.54) is 0 Å². The number of hydrogen-bond acceptors (Lipinski definition) is 6. The van der Waals surface area contributed by atoms with Gasteiger partial charge in [-0.05, 0) is 11.6 Å². The van der Waals surface area contributed by atoms with Crippen LogP contribution in [0.15, 0.2) is 23.1 Å². The molecule has 17 heavy (non-hydrogen) atoms. The van der Waals surface area contributed by atoms with Gasteiger partial charge in [0.1, 0.15) is 4.90 Å². The standard InChI is InChI=1S/C8H6O7S.Ba/c9-7(10)4-1-2-5(8(11)12)6(3-4)16(13,14)15;/h1-3H,(H,9,10)(H,11,12)(H,13,14,15);/q;+2/p-2. The van der Waals surface area contributed by atoms with E-state index >= 15 is 0 Å². The van der Waals surface area contributed by atoms with Crippen LogP contribution in [0.5, 0.6) is 0 Å². The first-order chi connectivity index (χ1) is 7.23. The molecule has 0 spiro atoms. The van der Waals surface area contributed by atoms with Crippen molar-refractivity contribution in [2.45, 2.75) is 4.90 Å². The molecule has 0 aromatic heterocycles. The molecule has 0 atom stereocenters. The van der Waals surface area contributed by atoms with E-state index in [4.69, 9.17) is 4.55 Å². The van der Waals surface area contributed by atoms with Crippen LogP contribution < -0.4 is 10.2 Å². The minimum absolute atomic E-state index is 0. The molecule has 1 N–H and O–H groups in total. The van der Waals surface area contributed by atoms with E-state index < -0.39 is 38.1 Å². The zero-order valence-corrected chi connectivity index (χ0v) is 13.5. The van der Waals surface area contributed by atoms with E-state index in [1.54, 1.807) is 0 Å². The molecule has 0 aliphatic heterocycles. The fraction of sp³-hybridized carbons (Fsp3) is 0. The van der Waals surface area contributed by atoms with Crippen LogP contribution in [-0.2, 0) is 10.1 Å². The normalized spacial score (nSPS) is 10.4. The fourth-order valence-corrected chi connectivity index (χ4v) is 1.74. The molecule has 0 heterocycles. The Morgan fingerprint density at radius 2 is 1.65 bits per heavy atom. The second-order valence-corrected chi connectivity index (χ2v) is 4.15. The van der Waals surface area contributed by atoms with E-state index in [9.17, 15) is 28.2 Å². The van der Waals surface area contributed by atoms with Crippen molar-refractivity contribution in [2.24, 2.45) is 0 Å². The number of carbonyl (C=O) groups excluding carboxylic acids is 2. The van der Waals surface area contributed by atoms with Gasteiger partial charge in [-0.15, -0.1) is 0 Å². The summed E-state index contributed by atoms with van der Waals surface area (Å²) in [6.45, 7) is 0. The largest absolute Gasteiger partial charge is 2.00 e. The van der Waals surface area contributed by atoms with Crippen LogP contribution in [0.2, 0.25) is 0 Å². The predicted octanol–water partition coefficient (Wildman–Crippen LogP) is -2.72. The molecule has 1 aromatic rings. The summed E-state index contributed by atoms with van der Waals surface area (Å²) in [5, 5.41) is 20.9. The topological polar surface area (TPSA) is 135 Å². The molecule has 7 nitrogen and oxygen atoms in total. The Bertz CT molecular complexity index is 563. The average molecular weight is 382 g/mol. The number of aromatic carboxylic acids is 2. The summed E-state index contributed by atoms with van der Waals surface area (Å²) in [4.78, 5) is 19.9. The maximum atomic E-state index is 10.8. The van der Waals surface area contributed by atoms with Crippen LogP contribution in [0.25, 0.3) is 0 Å². The third-order valence-corrected chi connectivity index (χ3v) is 2.61. The summed E-state index contributed by atoms with van der Waals surface area (Å²) >= 11 is 0. The van der Waals surface area contributed by atoms with Gasteiger partial charge < -0.3 is 19.8 Å². The first-order valence-corrected chi connectivity index (χ1v) is 5.21. The van der Waals surface area contributed by atoms with Gasteiger partial charge in [0.2, 0.25) is 0 Å². The van der Waals surface area contributed by atoms with E-state index in [-0.39, 0.29) is 48.9 Å². The minimum atomic E-state index is -4.85. The van der Waals surface area contributed by atoms with Gasteiger partial charge in [0, 0.05) is 5.56 Å². The summed E-state index contributed by atoms with van der Waals surface area (Å²) in [5.74, 6) is -3.55. The van der Waals surface area contributed by atoms with Crippen LogP contribution in [-0.4, -0.2) is 73.8 Å². The molecular formula is C8H4BaO7S. The van der Waals surface area contributed by atoms with E-state index in [0.717, 1.165) is 6.07 Å². The summed E-state index contributed by atoms with van der Waals surface area (Å²) in [7, 11) is -4.85. The van der Waals surface area contributed by atoms with Crippen LogP contribution in [0.3, 0.4) is 0 Å². The van der Waals surface area contributed by atoms with Crippen molar-refractivity contribution in [1.29, 1.82) is 0 Å². The Balaban J connectivity index is 0.00000256. The molecule has 0 saturated heterocycles. The molecule has 1 rings (SSSR count). The molecule has 0 aliphatic carbocycles. The van der Waals surface area contributed by atoms with Crippen LogP contribution in [0.1, 0.15) is 20.7 Å². The van der Waals surface area contributed by atoms with Crippen molar-refractivity contribution in [3.63, 3.8) is 0 Å². The molecule has 86 valence electrons. The Kier molecular flexibility index (Phi) is 5.87. The molecule has 0 radical (unpaired) electrons. The SMILES string of the molecule is O=C([O-])c1ccc(C(=O)[O-])c(S(=O)(=O)O)c1.[Ba+2]. The first-order valence-electron chi connectivity index (χ1n) is 3.77. The van der Waals surface area contributed by atoms with Crippen molar-refractivity contribution in [1.82, 2.24) is 0 Å². The fourth-order valence-electron chi connectivity index (χ4n) is 1.03. The van der Waals surface area contributed by atoms with Gasteiger partial charge >= 0.3 is 48.9 Å². The van der Waals surface area contributed by atoms with Crippen molar-refractivity contribution in [3.8, 4) is 0 Å². The minimum Gasteiger partial charge on any atom is -0.545 e. The Morgan fingerprint density at radius 1 is 1.12 bits per heavy atom. The van der Waals surface area contributed by atoms with Crippen molar-refractivity contribution in [3.05, 3.63) is 29.3 Å². The van der Waals surface area contributed by atoms with Gasteiger partial charge in [0.15, 0.2) is 0 Å². The Morgan fingerprint density at radius 3 is 2.00 bits per heavy atom. The van der Waals surface area contributed by atoms with Gasteiger partial charge in [-0.3, -0.25) is 4.55 Å². The van der Waals surface area contributed by atoms with Crippen molar-refractivity contribution >= 4 is 70.9 Å². The monoisotopic (exact) mass is 382 g/mol. The maximum absolute atomic E-state index is 10.8. The summed E-state index contributed by atoms with van der Waals surface area (Å²) in [6.07, 6.45) is 0. The van der Waals surface area contributed by atoms with E-state index in [1.807, 2.05) is 0 Å². The number of benzene rings is 1. The number of carboxylic acid groups (broad SMARTS) is 2.